The van der Waals surface area contributed by atoms with Gasteiger partial charge in [0.2, 0.25) is 0 Å². The highest BCUT2D eigenvalue weighted by Crippen LogP contribution is 2.03. The lowest BCUT2D eigenvalue weighted by Gasteiger charge is -1.96. The number of hydrogen-bond acceptors (Lipinski definition) is 1. The van der Waals surface area contributed by atoms with Crippen molar-refractivity contribution >= 4 is 0 Å². The van der Waals surface area contributed by atoms with Gasteiger partial charge in [-0.15, -0.1) is 12.5 Å². The van der Waals surface area contributed by atoms with E-state index in [0.29, 0.717) is 13.2 Å². The monoisotopic (exact) mass is 214 g/mol. The minimum absolute atomic E-state index is 0.511. The van der Waals surface area contributed by atoms with E-state index in [2.05, 4.69) is 42.7 Å². The molecule has 0 aliphatic heterocycles. The van der Waals surface area contributed by atoms with E-state index in [0.717, 1.165) is 19.3 Å². The Kier molecular flexibility index (Phi) is 6.87. The molecule has 0 fully saturated rings. The van der Waals surface area contributed by atoms with E-state index in [1.807, 2.05) is 6.07 Å². The maximum absolute atomic E-state index is 5.16. The molecule has 0 aliphatic carbocycles. The predicted octanol–water partition coefficient (Wildman–Crippen LogP) is 3.22. The molecule has 0 amide bonds. The molecule has 1 heteroatoms. The average Bonchev–Trinajstić information content (AvgIpc) is 2.34. The second kappa shape index (κ2) is 8.76. The third kappa shape index (κ3) is 6.06. The van der Waals surface area contributed by atoms with Gasteiger partial charge in [-0.05, 0) is 18.4 Å². The highest BCUT2D eigenvalue weighted by molar-refractivity contribution is 5.14. The van der Waals surface area contributed by atoms with Gasteiger partial charge in [0.15, 0.2) is 0 Å². The first-order chi connectivity index (χ1) is 7.93. The lowest BCUT2D eigenvalue weighted by molar-refractivity contribution is 0.199. The number of unbranched alkanes of at least 4 members (excludes halogenated alkanes) is 1. The van der Waals surface area contributed by atoms with E-state index in [9.17, 15) is 0 Å². The third-order valence-electron chi connectivity index (χ3n) is 2.14. The second-order valence-electron chi connectivity index (χ2n) is 3.50. The SMILES string of the molecule is C=CCOCC#CCCCc1ccccc1. The summed E-state index contributed by atoms with van der Waals surface area (Å²) in [6.07, 6.45) is 4.88. The van der Waals surface area contributed by atoms with Gasteiger partial charge in [-0.1, -0.05) is 42.3 Å². The summed E-state index contributed by atoms with van der Waals surface area (Å²) in [7, 11) is 0. The van der Waals surface area contributed by atoms with Crippen molar-refractivity contribution in [3.63, 3.8) is 0 Å². The summed E-state index contributed by atoms with van der Waals surface area (Å²) in [5.74, 6) is 6.09. The lowest BCUT2D eigenvalue weighted by Crippen LogP contribution is -1.90. The fraction of sp³-hybridized carbons (Fsp3) is 0.333. The van der Waals surface area contributed by atoms with Crippen LogP contribution in [0.3, 0.4) is 0 Å². The molecule has 0 radical (unpaired) electrons. The number of benzene rings is 1. The van der Waals surface area contributed by atoms with Crippen LogP contribution in [-0.2, 0) is 11.2 Å². The number of aryl methyl sites for hydroxylation is 1. The van der Waals surface area contributed by atoms with Gasteiger partial charge in [0.25, 0.3) is 0 Å². The molecule has 1 rings (SSSR count). The van der Waals surface area contributed by atoms with Crippen LogP contribution >= 0.6 is 0 Å². The van der Waals surface area contributed by atoms with Crippen molar-refractivity contribution in [2.45, 2.75) is 19.3 Å². The molecule has 0 unspecified atom stereocenters. The standard InChI is InChI=1S/C15H18O/c1-2-13-16-14-9-4-3-6-10-15-11-7-5-8-12-15/h2,5,7-8,11-12H,1,3,6,10,13-14H2. The fourth-order valence-electron chi connectivity index (χ4n) is 1.36. The van der Waals surface area contributed by atoms with E-state index in [1.165, 1.54) is 5.56 Å². The summed E-state index contributed by atoms with van der Waals surface area (Å²) in [5.41, 5.74) is 1.38. The van der Waals surface area contributed by atoms with E-state index in [4.69, 9.17) is 4.74 Å². The Labute approximate surface area is 98.1 Å². The van der Waals surface area contributed by atoms with Gasteiger partial charge in [0.05, 0.1) is 6.61 Å². The minimum atomic E-state index is 0.511. The molecule has 1 aromatic carbocycles. The normalized spacial score (nSPS) is 9.25. The molecule has 0 heterocycles. The highest BCUT2D eigenvalue weighted by atomic mass is 16.5. The topological polar surface area (TPSA) is 9.23 Å². The first kappa shape index (κ1) is 12.5. The smallest absolute Gasteiger partial charge is 0.108 e. The van der Waals surface area contributed by atoms with Gasteiger partial charge < -0.3 is 4.74 Å². The molecule has 0 spiro atoms. The Hall–Kier alpha value is -1.52. The first-order valence-corrected chi connectivity index (χ1v) is 5.62. The van der Waals surface area contributed by atoms with Gasteiger partial charge in [-0.3, -0.25) is 0 Å². The Morgan fingerprint density at radius 1 is 1.19 bits per heavy atom. The maximum atomic E-state index is 5.16. The zero-order valence-corrected chi connectivity index (χ0v) is 9.61. The Bertz CT molecular complexity index is 343. The van der Waals surface area contributed by atoms with E-state index in [-0.39, 0.29) is 0 Å². The lowest BCUT2D eigenvalue weighted by atomic mass is 10.1. The molecular formula is C15H18O. The summed E-state index contributed by atoms with van der Waals surface area (Å²) in [4.78, 5) is 0. The quantitative estimate of drug-likeness (QED) is 0.401. The van der Waals surface area contributed by atoms with Crippen LogP contribution in [-0.4, -0.2) is 13.2 Å². The largest absolute Gasteiger partial charge is 0.365 e. The molecule has 0 aromatic heterocycles. The van der Waals surface area contributed by atoms with E-state index < -0.39 is 0 Å². The Morgan fingerprint density at radius 2 is 2.00 bits per heavy atom. The molecule has 0 saturated heterocycles. The Balaban J connectivity index is 2.05. The summed E-state index contributed by atoms with van der Waals surface area (Å²) < 4.78 is 5.16. The highest BCUT2D eigenvalue weighted by Gasteiger charge is 1.89. The maximum Gasteiger partial charge on any atom is 0.108 e. The van der Waals surface area contributed by atoms with Crippen LogP contribution < -0.4 is 0 Å². The van der Waals surface area contributed by atoms with Gasteiger partial charge in [0, 0.05) is 6.42 Å². The van der Waals surface area contributed by atoms with Crippen LogP contribution in [0.2, 0.25) is 0 Å². The van der Waals surface area contributed by atoms with Crippen molar-refractivity contribution in [3.05, 3.63) is 48.6 Å². The van der Waals surface area contributed by atoms with Crippen molar-refractivity contribution in [2.24, 2.45) is 0 Å². The molecule has 16 heavy (non-hydrogen) atoms. The van der Waals surface area contributed by atoms with Gasteiger partial charge in [0.1, 0.15) is 6.61 Å². The van der Waals surface area contributed by atoms with E-state index in [1.54, 1.807) is 6.08 Å². The van der Waals surface area contributed by atoms with Crippen LogP contribution in [0.4, 0.5) is 0 Å². The average molecular weight is 214 g/mol. The number of rotatable bonds is 6. The molecule has 1 nitrogen and oxygen atoms in total. The zero-order valence-electron chi connectivity index (χ0n) is 9.61. The van der Waals surface area contributed by atoms with Crippen molar-refractivity contribution in [1.82, 2.24) is 0 Å². The zero-order chi connectivity index (χ0) is 11.5. The van der Waals surface area contributed by atoms with Gasteiger partial charge >= 0.3 is 0 Å². The van der Waals surface area contributed by atoms with Crippen LogP contribution in [0, 0.1) is 11.8 Å². The summed E-state index contributed by atoms with van der Waals surface area (Å²) >= 11 is 0. The van der Waals surface area contributed by atoms with Crippen molar-refractivity contribution in [1.29, 1.82) is 0 Å². The number of ether oxygens (including phenoxy) is 1. The van der Waals surface area contributed by atoms with Gasteiger partial charge in [-0.25, -0.2) is 0 Å². The molecule has 0 aliphatic rings. The third-order valence-corrected chi connectivity index (χ3v) is 2.14. The minimum Gasteiger partial charge on any atom is -0.365 e. The fourth-order valence-corrected chi connectivity index (χ4v) is 1.36. The number of hydrogen-bond donors (Lipinski definition) is 0. The van der Waals surface area contributed by atoms with Crippen LogP contribution in [0.1, 0.15) is 18.4 Å². The van der Waals surface area contributed by atoms with Crippen LogP contribution in [0.15, 0.2) is 43.0 Å². The summed E-state index contributed by atoms with van der Waals surface area (Å²) in [5, 5.41) is 0. The van der Waals surface area contributed by atoms with E-state index >= 15 is 0 Å². The molecular weight excluding hydrogens is 196 g/mol. The molecule has 0 bridgehead atoms. The summed E-state index contributed by atoms with van der Waals surface area (Å²) in [6.45, 7) is 4.66. The molecule has 0 saturated carbocycles. The molecule has 0 atom stereocenters. The molecule has 1 aromatic rings. The Morgan fingerprint density at radius 3 is 2.75 bits per heavy atom. The second-order valence-corrected chi connectivity index (χ2v) is 3.50. The van der Waals surface area contributed by atoms with Crippen LogP contribution in [0.5, 0.6) is 0 Å². The van der Waals surface area contributed by atoms with Gasteiger partial charge in [-0.2, -0.15) is 0 Å². The molecule has 0 N–H and O–H groups in total. The van der Waals surface area contributed by atoms with Crippen molar-refractivity contribution in [2.75, 3.05) is 13.2 Å². The van der Waals surface area contributed by atoms with Crippen molar-refractivity contribution in [3.8, 4) is 11.8 Å². The molecule has 84 valence electrons. The van der Waals surface area contributed by atoms with Crippen molar-refractivity contribution < 1.29 is 4.74 Å². The predicted molar refractivity (Wildman–Crippen MR) is 68.2 cm³/mol. The van der Waals surface area contributed by atoms with Crippen LogP contribution in [0.25, 0.3) is 0 Å². The summed E-state index contributed by atoms with van der Waals surface area (Å²) in [6, 6.07) is 10.5. The first-order valence-electron chi connectivity index (χ1n) is 5.62.